The van der Waals surface area contributed by atoms with Crippen molar-refractivity contribution in [3.8, 4) is 5.75 Å². The normalized spacial score (nSPS) is 9.81. The number of carbonyl (C=O) groups is 4. The van der Waals surface area contributed by atoms with Crippen molar-refractivity contribution in [2.75, 3.05) is 10.6 Å². The second-order valence-electron chi connectivity index (χ2n) is 4.59. The first kappa shape index (κ1) is 16.4. The van der Waals surface area contributed by atoms with E-state index in [4.69, 9.17) is 0 Å². The van der Waals surface area contributed by atoms with Crippen LogP contribution in [0.4, 0.5) is 11.4 Å². The van der Waals surface area contributed by atoms with Gasteiger partial charge < -0.3 is 15.7 Å². The van der Waals surface area contributed by atoms with Crippen molar-refractivity contribution < 1.29 is 24.3 Å². The van der Waals surface area contributed by atoms with Crippen LogP contribution in [0.25, 0.3) is 0 Å². The van der Waals surface area contributed by atoms with Crippen molar-refractivity contribution in [3.63, 3.8) is 0 Å². The number of hydrogen-bond donors (Lipinski definition) is 3. The van der Waals surface area contributed by atoms with Crippen molar-refractivity contribution in [1.82, 2.24) is 0 Å². The predicted molar refractivity (Wildman–Crippen MR) is 76.0 cm³/mol. The van der Waals surface area contributed by atoms with Gasteiger partial charge in [-0.15, -0.1) is 0 Å². The van der Waals surface area contributed by atoms with Crippen molar-refractivity contribution >= 4 is 34.8 Å². The monoisotopic (exact) mass is 292 g/mol. The van der Waals surface area contributed by atoms with Crippen LogP contribution in [0.1, 0.15) is 26.7 Å². The summed E-state index contributed by atoms with van der Waals surface area (Å²) in [5, 5.41) is 14.5. The average Bonchev–Trinajstić information content (AvgIpc) is 2.31. The molecule has 1 rings (SSSR count). The molecule has 0 aromatic heterocycles. The zero-order valence-electron chi connectivity index (χ0n) is 11.7. The largest absolute Gasteiger partial charge is 0.506 e. The van der Waals surface area contributed by atoms with Gasteiger partial charge in [0.1, 0.15) is 17.3 Å². The smallest absolute Gasteiger partial charge is 0.231 e. The molecule has 7 heteroatoms. The Kier molecular flexibility index (Phi) is 5.59. The van der Waals surface area contributed by atoms with E-state index in [1.54, 1.807) is 0 Å². The summed E-state index contributed by atoms with van der Waals surface area (Å²) in [7, 11) is 0. The summed E-state index contributed by atoms with van der Waals surface area (Å²) < 4.78 is 0. The molecule has 1 aromatic rings. The number of amides is 2. The Bertz CT molecular complexity index is 595. The number of benzene rings is 1. The van der Waals surface area contributed by atoms with Gasteiger partial charge in [-0.25, -0.2) is 0 Å². The lowest BCUT2D eigenvalue weighted by molar-refractivity contribution is -0.125. The molecule has 0 saturated carbocycles. The minimum absolute atomic E-state index is 0.0712. The Labute approximate surface area is 121 Å². The van der Waals surface area contributed by atoms with Crippen LogP contribution in [-0.4, -0.2) is 28.5 Å². The Hall–Kier alpha value is -2.70. The first-order valence-corrected chi connectivity index (χ1v) is 6.19. The van der Waals surface area contributed by atoms with Gasteiger partial charge in [-0.1, -0.05) is 0 Å². The highest BCUT2D eigenvalue weighted by molar-refractivity contribution is 6.05. The Morgan fingerprint density at radius 2 is 1.48 bits per heavy atom. The molecule has 0 bridgehead atoms. The van der Waals surface area contributed by atoms with Gasteiger partial charge in [0.25, 0.3) is 0 Å². The number of phenols is 1. The van der Waals surface area contributed by atoms with E-state index in [0.717, 1.165) is 0 Å². The maximum atomic E-state index is 11.5. The fourth-order valence-electron chi connectivity index (χ4n) is 1.57. The van der Waals surface area contributed by atoms with E-state index in [9.17, 15) is 24.3 Å². The zero-order valence-corrected chi connectivity index (χ0v) is 11.7. The molecular formula is C14H16N2O5. The van der Waals surface area contributed by atoms with Crippen LogP contribution in [0, 0.1) is 0 Å². The predicted octanol–water partition coefficient (Wildman–Crippen LogP) is 1.23. The lowest BCUT2D eigenvalue weighted by Crippen LogP contribution is -2.16. The molecule has 0 unspecified atom stereocenters. The molecule has 2 amide bonds. The topological polar surface area (TPSA) is 113 Å². The molecule has 0 spiro atoms. The summed E-state index contributed by atoms with van der Waals surface area (Å²) in [5.74, 6) is -1.84. The van der Waals surface area contributed by atoms with Crippen LogP contribution in [0.2, 0.25) is 0 Å². The molecule has 21 heavy (non-hydrogen) atoms. The first-order chi connectivity index (χ1) is 9.77. The molecule has 0 atom stereocenters. The van der Waals surface area contributed by atoms with Gasteiger partial charge in [-0.05, 0) is 32.0 Å². The molecule has 112 valence electrons. The van der Waals surface area contributed by atoms with E-state index in [1.165, 1.54) is 32.0 Å². The van der Waals surface area contributed by atoms with Crippen molar-refractivity contribution in [2.45, 2.75) is 26.7 Å². The number of aromatic hydroxyl groups is 1. The summed E-state index contributed by atoms with van der Waals surface area (Å²) in [6.07, 6.45) is -0.562. The first-order valence-electron chi connectivity index (χ1n) is 6.19. The molecule has 0 aliphatic carbocycles. The van der Waals surface area contributed by atoms with Gasteiger partial charge in [0.15, 0.2) is 0 Å². The molecule has 1 aromatic carbocycles. The van der Waals surface area contributed by atoms with Crippen LogP contribution in [0.5, 0.6) is 5.75 Å². The van der Waals surface area contributed by atoms with Crippen LogP contribution in [0.15, 0.2) is 18.2 Å². The highest BCUT2D eigenvalue weighted by atomic mass is 16.3. The fraction of sp³-hybridized carbons (Fsp3) is 0.286. The molecule has 0 heterocycles. The van der Waals surface area contributed by atoms with Crippen LogP contribution < -0.4 is 10.6 Å². The molecule has 0 saturated heterocycles. The van der Waals surface area contributed by atoms with E-state index in [-0.39, 0.29) is 35.8 Å². The Morgan fingerprint density at radius 1 is 0.952 bits per heavy atom. The van der Waals surface area contributed by atoms with Gasteiger partial charge in [0.05, 0.1) is 18.5 Å². The summed E-state index contributed by atoms with van der Waals surface area (Å²) in [4.78, 5) is 44.6. The van der Waals surface area contributed by atoms with Crippen LogP contribution in [0.3, 0.4) is 0 Å². The van der Waals surface area contributed by atoms with Gasteiger partial charge in [-0.3, -0.25) is 19.2 Å². The Balaban J connectivity index is 2.80. The second-order valence-corrected chi connectivity index (χ2v) is 4.59. The molecule has 0 fully saturated rings. The zero-order chi connectivity index (χ0) is 16.0. The van der Waals surface area contributed by atoms with Gasteiger partial charge >= 0.3 is 0 Å². The molecule has 3 N–H and O–H groups in total. The SMILES string of the molecule is CC(=O)CC(=O)Nc1ccc(O)c(NC(=O)CC(C)=O)c1. The third-order valence-corrected chi connectivity index (χ3v) is 2.37. The maximum Gasteiger partial charge on any atom is 0.231 e. The highest BCUT2D eigenvalue weighted by Gasteiger charge is 2.11. The number of anilines is 2. The van der Waals surface area contributed by atoms with E-state index < -0.39 is 11.8 Å². The molecule has 0 aliphatic rings. The van der Waals surface area contributed by atoms with Gasteiger partial charge in [0, 0.05) is 5.69 Å². The number of phenolic OH excluding ortho intramolecular Hbond substituents is 1. The number of carbonyl (C=O) groups excluding carboxylic acids is 4. The van der Waals surface area contributed by atoms with Crippen molar-refractivity contribution in [3.05, 3.63) is 18.2 Å². The number of hydrogen-bond acceptors (Lipinski definition) is 5. The quantitative estimate of drug-likeness (QED) is 0.414. The van der Waals surface area contributed by atoms with Crippen molar-refractivity contribution in [2.24, 2.45) is 0 Å². The molecular weight excluding hydrogens is 276 g/mol. The summed E-state index contributed by atoms with van der Waals surface area (Å²) in [6, 6.07) is 4.05. The number of ketones is 2. The van der Waals surface area contributed by atoms with Gasteiger partial charge in [-0.2, -0.15) is 0 Å². The Morgan fingerprint density at radius 3 is 2.00 bits per heavy atom. The lowest BCUT2D eigenvalue weighted by Gasteiger charge is -2.10. The third kappa shape index (κ3) is 5.85. The maximum absolute atomic E-state index is 11.5. The number of Topliss-reactive ketones (excluding diaryl/α,β-unsaturated/α-hetero) is 2. The van der Waals surface area contributed by atoms with Crippen LogP contribution >= 0.6 is 0 Å². The van der Waals surface area contributed by atoms with E-state index >= 15 is 0 Å². The second kappa shape index (κ2) is 7.18. The minimum atomic E-state index is -0.565. The number of rotatable bonds is 6. The van der Waals surface area contributed by atoms with Crippen molar-refractivity contribution in [1.29, 1.82) is 0 Å². The van der Waals surface area contributed by atoms with E-state index in [2.05, 4.69) is 10.6 Å². The summed E-state index contributed by atoms with van der Waals surface area (Å²) in [6.45, 7) is 2.57. The van der Waals surface area contributed by atoms with Gasteiger partial charge in [0.2, 0.25) is 11.8 Å². The average molecular weight is 292 g/mol. The van der Waals surface area contributed by atoms with E-state index in [1.807, 2.05) is 0 Å². The third-order valence-electron chi connectivity index (χ3n) is 2.37. The summed E-state index contributed by atoms with van der Waals surface area (Å²) in [5.41, 5.74) is 0.388. The molecule has 0 radical (unpaired) electrons. The van der Waals surface area contributed by atoms with E-state index in [0.29, 0.717) is 5.69 Å². The summed E-state index contributed by atoms with van der Waals surface area (Å²) >= 11 is 0. The number of nitrogens with one attached hydrogen (secondary N) is 2. The molecule has 7 nitrogen and oxygen atoms in total. The standard InChI is InChI=1S/C14H16N2O5/c1-8(17)5-13(20)15-10-3-4-12(19)11(7-10)16-14(21)6-9(2)18/h3-4,7,19H,5-6H2,1-2H3,(H,15,20)(H,16,21). The lowest BCUT2D eigenvalue weighted by atomic mass is 10.2. The minimum Gasteiger partial charge on any atom is -0.506 e. The highest BCUT2D eigenvalue weighted by Crippen LogP contribution is 2.26. The fourth-order valence-corrected chi connectivity index (χ4v) is 1.57. The van der Waals surface area contributed by atoms with Crippen LogP contribution in [-0.2, 0) is 19.2 Å². The molecule has 0 aliphatic heterocycles.